The lowest BCUT2D eigenvalue weighted by Gasteiger charge is -2.15. The summed E-state index contributed by atoms with van der Waals surface area (Å²) in [6, 6.07) is 9.00. The van der Waals surface area contributed by atoms with E-state index < -0.39 is 30.0 Å². The van der Waals surface area contributed by atoms with Crippen LogP contribution in [0, 0.1) is 11.6 Å². The quantitative estimate of drug-likeness (QED) is 0.608. The molecule has 1 saturated heterocycles. The fourth-order valence-corrected chi connectivity index (χ4v) is 2.67. The van der Waals surface area contributed by atoms with E-state index in [1.165, 1.54) is 12.1 Å². The van der Waals surface area contributed by atoms with Crippen LogP contribution in [0.2, 0.25) is 0 Å². The van der Waals surface area contributed by atoms with Crippen LogP contribution in [0.1, 0.15) is 33.6 Å². The van der Waals surface area contributed by atoms with Crippen molar-refractivity contribution in [3.63, 3.8) is 0 Å². The van der Waals surface area contributed by atoms with Gasteiger partial charge < -0.3 is 9.64 Å². The van der Waals surface area contributed by atoms with E-state index in [0.717, 1.165) is 24.6 Å². The lowest BCUT2D eigenvalue weighted by atomic mass is 10.1. The number of esters is 1. The summed E-state index contributed by atoms with van der Waals surface area (Å²) in [5.41, 5.74) is 0.833. The fraction of sp³-hybridized carbons (Fsp3) is 0.211. The number of carbonyl (C=O) groups is 3. The Morgan fingerprint density at radius 2 is 1.69 bits per heavy atom. The predicted molar refractivity (Wildman–Crippen MR) is 89.0 cm³/mol. The van der Waals surface area contributed by atoms with E-state index in [-0.39, 0.29) is 17.0 Å². The Balaban J connectivity index is 1.60. The Morgan fingerprint density at radius 1 is 1.00 bits per heavy atom. The largest absolute Gasteiger partial charge is 0.454 e. The zero-order chi connectivity index (χ0) is 18.7. The van der Waals surface area contributed by atoms with Crippen LogP contribution in [0.3, 0.4) is 0 Å². The van der Waals surface area contributed by atoms with Crippen LogP contribution in [0.5, 0.6) is 0 Å². The predicted octanol–water partition coefficient (Wildman–Crippen LogP) is 3.13. The Labute approximate surface area is 148 Å². The minimum absolute atomic E-state index is 0.0393. The number of benzene rings is 2. The molecule has 1 amide bonds. The number of amides is 1. The first-order valence-electron chi connectivity index (χ1n) is 8.01. The van der Waals surface area contributed by atoms with Gasteiger partial charge >= 0.3 is 5.97 Å². The summed E-state index contributed by atoms with van der Waals surface area (Å²) in [5.74, 6) is -3.53. The van der Waals surface area contributed by atoms with Crippen molar-refractivity contribution in [1.82, 2.24) is 0 Å². The standard InChI is InChI=1S/C19H15F2NO4/c20-15-8-5-13(10-16(15)21)17(23)11-26-19(25)12-3-6-14(7-4-12)22-9-1-2-18(22)24/h3-8,10H,1-2,9,11H2. The number of rotatable bonds is 5. The van der Waals surface area contributed by atoms with Crippen LogP contribution in [0.15, 0.2) is 42.5 Å². The maximum absolute atomic E-state index is 13.1. The molecule has 1 fully saturated rings. The normalized spacial score (nSPS) is 13.8. The van der Waals surface area contributed by atoms with Crippen LogP contribution < -0.4 is 4.90 Å². The maximum atomic E-state index is 13.1. The molecule has 1 aliphatic rings. The van der Waals surface area contributed by atoms with E-state index in [4.69, 9.17) is 4.74 Å². The molecule has 7 heteroatoms. The summed E-state index contributed by atoms with van der Waals surface area (Å²) in [7, 11) is 0. The zero-order valence-corrected chi connectivity index (χ0v) is 13.7. The molecule has 0 N–H and O–H groups in total. The molecule has 3 rings (SSSR count). The number of halogens is 2. The fourth-order valence-electron chi connectivity index (χ4n) is 2.67. The molecular weight excluding hydrogens is 344 g/mol. The number of ether oxygens (including phenoxy) is 1. The molecule has 2 aromatic carbocycles. The molecule has 0 bridgehead atoms. The molecule has 0 saturated carbocycles. The summed E-state index contributed by atoms with van der Waals surface area (Å²) >= 11 is 0. The van der Waals surface area contributed by atoms with Gasteiger partial charge in [0.1, 0.15) is 0 Å². The molecule has 0 aromatic heterocycles. The van der Waals surface area contributed by atoms with Crippen LogP contribution in [0.4, 0.5) is 14.5 Å². The average Bonchev–Trinajstić information content (AvgIpc) is 3.07. The first kappa shape index (κ1) is 17.7. The van der Waals surface area contributed by atoms with Gasteiger partial charge in [-0.2, -0.15) is 0 Å². The molecule has 2 aromatic rings. The van der Waals surface area contributed by atoms with E-state index in [1.54, 1.807) is 17.0 Å². The number of Topliss-reactive ketones (excluding diaryl/α,β-unsaturated/α-hetero) is 1. The van der Waals surface area contributed by atoms with Gasteiger partial charge in [-0.1, -0.05) is 0 Å². The third-order valence-electron chi connectivity index (χ3n) is 4.06. The molecule has 0 aliphatic carbocycles. The van der Waals surface area contributed by atoms with Gasteiger partial charge in [0.2, 0.25) is 5.91 Å². The van der Waals surface area contributed by atoms with Crippen molar-refractivity contribution in [1.29, 1.82) is 0 Å². The molecule has 26 heavy (non-hydrogen) atoms. The summed E-state index contributed by atoms with van der Waals surface area (Å²) in [6.45, 7) is 0.0572. The minimum atomic E-state index is -1.14. The van der Waals surface area contributed by atoms with Gasteiger partial charge in [0.15, 0.2) is 24.0 Å². The topological polar surface area (TPSA) is 63.7 Å². The zero-order valence-electron chi connectivity index (χ0n) is 13.7. The van der Waals surface area contributed by atoms with Crippen molar-refractivity contribution in [2.24, 2.45) is 0 Å². The lowest BCUT2D eigenvalue weighted by Crippen LogP contribution is -2.23. The van der Waals surface area contributed by atoms with Crippen molar-refractivity contribution in [2.45, 2.75) is 12.8 Å². The average molecular weight is 359 g/mol. The second-order valence-corrected chi connectivity index (χ2v) is 5.82. The smallest absolute Gasteiger partial charge is 0.338 e. The Morgan fingerprint density at radius 3 is 2.31 bits per heavy atom. The molecular formula is C19H15F2NO4. The molecule has 134 valence electrons. The maximum Gasteiger partial charge on any atom is 0.338 e. The van der Waals surface area contributed by atoms with Crippen molar-refractivity contribution < 1.29 is 27.9 Å². The van der Waals surface area contributed by atoms with Crippen molar-refractivity contribution in [2.75, 3.05) is 18.1 Å². The summed E-state index contributed by atoms with van der Waals surface area (Å²) in [5, 5.41) is 0. The first-order chi connectivity index (χ1) is 12.5. The van der Waals surface area contributed by atoms with Gasteiger partial charge in [-0.3, -0.25) is 9.59 Å². The van der Waals surface area contributed by atoms with E-state index in [0.29, 0.717) is 18.7 Å². The van der Waals surface area contributed by atoms with Gasteiger partial charge in [-0.05, 0) is 48.9 Å². The van der Waals surface area contributed by atoms with Gasteiger partial charge in [-0.15, -0.1) is 0 Å². The highest BCUT2D eigenvalue weighted by atomic mass is 19.2. The molecule has 1 aliphatic heterocycles. The molecule has 1 heterocycles. The number of hydrogen-bond donors (Lipinski definition) is 0. The van der Waals surface area contributed by atoms with E-state index in [2.05, 4.69) is 0 Å². The molecule has 5 nitrogen and oxygen atoms in total. The van der Waals surface area contributed by atoms with Gasteiger partial charge in [0.05, 0.1) is 5.56 Å². The SMILES string of the molecule is O=C(COC(=O)c1ccc(N2CCCC2=O)cc1)c1ccc(F)c(F)c1. The van der Waals surface area contributed by atoms with Crippen molar-refractivity contribution >= 4 is 23.3 Å². The summed E-state index contributed by atoms with van der Waals surface area (Å²) in [6.07, 6.45) is 1.31. The highest BCUT2D eigenvalue weighted by Gasteiger charge is 2.22. The molecule has 0 spiro atoms. The van der Waals surface area contributed by atoms with E-state index in [9.17, 15) is 23.2 Å². The summed E-state index contributed by atoms with van der Waals surface area (Å²) in [4.78, 5) is 37.2. The molecule has 0 unspecified atom stereocenters. The lowest BCUT2D eigenvalue weighted by molar-refractivity contribution is -0.117. The number of nitrogens with zero attached hydrogens (tertiary/aromatic N) is 1. The molecule has 0 atom stereocenters. The highest BCUT2D eigenvalue weighted by Crippen LogP contribution is 2.21. The third-order valence-corrected chi connectivity index (χ3v) is 4.06. The van der Waals surface area contributed by atoms with Gasteiger partial charge in [-0.25, -0.2) is 13.6 Å². The van der Waals surface area contributed by atoms with E-state index in [1.807, 2.05) is 0 Å². The molecule has 0 radical (unpaired) electrons. The minimum Gasteiger partial charge on any atom is -0.454 e. The number of carbonyl (C=O) groups excluding carboxylic acids is 3. The van der Waals surface area contributed by atoms with E-state index >= 15 is 0 Å². The van der Waals surface area contributed by atoms with Crippen molar-refractivity contribution in [3.05, 3.63) is 65.2 Å². The van der Waals surface area contributed by atoms with Gasteiger partial charge in [0, 0.05) is 24.2 Å². The van der Waals surface area contributed by atoms with Gasteiger partial charge in [0.25, 0.3) is 0 Å². The Bertz CT molecular complexity index is 864. The third kappa shape index (κ3) is 3.77. The Hall–Kier alpha value is -3.09. The Kier molecular flexibility index (Phi) is 5.06. The number of hydrogen-bond acceptors (Lipinski definition) is 4. The number of ketones is 1. The monoisotopic (exact) mass is 359 g/mol. The van der Waals surface area contributed by atoms with Crippen LogP contribution in [0.25, 0.3) is 0 Å². The van der Waals surface area contributed by atoms with Crippen LogP contribution >= 0.6 is 0 Å². The van der Waals surface area contributed by atoms with Crippen LogP contribution in [-0.4, -0.2) is 30.8 Å². The van der Waals surface area contributed by atoms with Crippen LogP contribution in [-0.2, 0) is 9.53 Å². The second kappa shape index (κ2) is 7.43. The van der Waals surface area contributed by atoms with Crippen molar-refractivity contribution in [3.8, 4) is 0 Å². The summed E-state index contributed by atoms with van der Waals surface area (Å²) < 4.78 is 30.9. The first-order valence-corrected chi connectivity index (χ1v) is 8.01. The highest BCUT2D eigenvalue weighted by molar-refractivity contribution is 6.00. The second-order valence-electron chi connectivity index (χ2n) is 5.82. The number of anilines is 1.